The highest BCUT2D eigenvalue weighted by Gasteiger charge is 2.20. The number of halogens is 1. The first-order valence-electron chi connectivity index (χ1n) is 9.97. The molecule has 3 rings (SSSR count). The highest BCUT2D eigenvalue weighted by Crippen LogP contribution is 2.30. The molecule has 0 fully saturated rings. The molecule has 1 unspecified atom stereocenters. The van der Waals surface area contributed by atoms with Gasteiger partial charge in [0.15, 0.2) is 17.1 Å². The van der Waals surface area contributed by atoms with Crippen molar-refractivity contribution in [1.82, 2.24) is 14.8 Å². The zero-order chi connectivity index (χ0) is 23.3. The summed E-state index contributed by atoms with van der Waals surface area (Å²) < 4.78 is 7.91. The summed E-state index contributed by atoms with van der Waals surface area (Å²) in [5, 5.41) is 12.3. The Hall–Kier alpha value is -3.04. The summed E-state index contributed by atoms with van der Waals surface area (Å²) in [6, 6.07) is 12.2. The van der Waals surface area contributed by atoms with Crippen LogP contribution in [-0.2, 0) is 11.3 Å². The maximum Gasteiger partial charge on any atom is 0.250 e. The van der Waals surface area contributed by atoms with Crippen molar-refractivity contribution in [3.05, 3.63) is 64.4 Å². The Morgan fingerprint density at radius 1 is 1.25 bits per heavy atom. The van der Waals surface area contributed by atoms with E-state index in [1.165, 1.54) is 11.8 Å². The molecule has 8 nitrogen and oxygen atoms in total. The third-order valence-electron chi connectivity index (χ3n) is 4.61. The van der Waals surface area contributed by atoms with Gasteiger partial charge in [0.05, 0.1) is 22.0 Å². The summed E-state index contributed by atoms with van der Waals surface area (Å²) in [6.45, 7) is 6.40. The molecule has 0 aliphatic heterocycles. The highest BCUT2D eigenvalue weighted by molar-refractivity contribution is 7.99. The molecule has 168 valence electrons. The van der Waals surface area contributed by atoms with Crippen LogP contribution < -0.4 is 15.8 Å². The summed E-state index contributed by atoms with van der Waals surface area (Å²) >= 11 is 7.49. The van der Waals surface area contributed by atoms with E-state index in [-0.39, 0.29) is 17.2 Å². The fourth-order valence-corrected chi connectivity index (χ4v) is 4.04. The van der Waals surface area contributed by atoms with Gasteiger partial charge in [0.25, 0.3) is 5.91 Å². The lowest BCUT2D eigenvalue weighted by Gasteiger charge is -2.17. The molecule has 1 heterocycles. The number of para-hydroxylation sites is 1. The molecular formula is C22H24ClN5O3S. The average Bonchev–Trinajstić information content (AvgIpc) is 3.18. The maximum atomic E-state index is 12.4. The molecule has 0 radical (unpaired) electrons. The van der Waals surface area contributed by atoms with E-state index in [2.05, 4.69) is 15.5 Å². The normalized spacial score (nSPS) is 11.8. The number of hydrogen-bond acceptors (Lipinski definition) is 6. The molecule has 0 bridgehead atoms. The minimum absolute atomic E-state index is 0.0875. The van der Waals surface area contributed by atoms with Crippen molar-refractivity contribution in [2.75, 3.05) is 11.1 Å². The Labute approximate surface area is 195 Å². The van der Waals surface area contributed by atoms with E-state index in [1.54, 1.807) is 30.3 Å². The summed E-state index contributed by atoms with van der Waals surface area (Å²) in [7, 11) is 0. The Balaban J connectivity index is 1.68. The molecule has 10 heteroatoms. The Bertz CT molecular complexity index is 1130. The van der Waals surface area contributed by atoms with E-state index in [0.717, 1.165) is 5.56 Å². The third kappa shape index (κ3) is 5.60. The number of hydrogen-bond donors (Lipinski definition) is 2. The molecule has 0 aliphatic rings. The van der Waals surface area contributed by atoms with Gasteiger partial charge in [0.1, 0.15) is 5.75 Å². The zero-order valence-electron chi connectivity index (χ0n) is 18.0. The summed E-state index contributed by atoms with van der Waals surface area (Å²) in [6.07, 6.45) is -0.396. The molecule has 3 N–H and O–H groups in total. The van der Waals surface area contributed by atoms with Crippen LogP contribution in [0.15, 0.2) is 47.6 Å². The van der Waals surface area contributed by atoms with Gasteiger partial charge in [-0.15, -0.1) is 10.2 Å². The predicted molar refractivity (Wildman–Crippen MR) is 125 cm³/mol. The molecule has 0 spiro atoms. The van der Waals surface area contributed by atoms with Gasteiger partial charge in [-0.3, -0.25) is 9.59 Å². The molecule has 2 aromatic carbocycles. The van der Waals surface area contributed by atoms with Crippen molar-refractivity contribution >= 4 is 40.9 Å². The first kappa shape index (κ1) is 23.6. The minimum atomic E-state index is -0.605. The Morgan fingerprint density at radius 3 is 2.72 bits per heavy atom. The van der Waals surface area contributed by atoms with Crippen LogP contribution in [0.25, 0.3) is 0 Å². The van der Waals surface area contributed by atoms with E-state index in [9.17, 15) is 9.59 Å². The summed E-state index contributed by atoms with van der Waals surface area (Å²) in [5.41, 5.74) is 7.03. The van der Waals surface area contributed by atoms with Gasteiger partial charge in [-0.25, -0.2) is 0 Å². The second-order valence-corrected chi connectivity index (χ2v) is 8.38. The Morgan fingerprint density at radius 2 is 2.00 bits per heavy atom. The smallest absolute Gasteiger partial charge is 0.250 e. The minimum Gasteiger partial charge on any atom is -0.481 e. The topological polar surface area (TPSA) is 112 Å². The number of carbonyl (C=O) groups is 2. The number of nitrogens with two attached hydrogens (primary N) is 1. The lowest BCUT2D eigenvalue weighted by molar-refractivity contribution is -0.113. The first-order valence-corrected chi connectivity index (χ1v) is 11.3. The van der Waals surface area contributed by atoms with Gasteiger partial charge < -0.3 is 20.4 Å². The quantitative estimate of drug-likeness (QED) is 0.450. The number of aromatic nitrogens is 3. The van der Waals surface area contributed by atoms with Crippen molar-refractivity contribution in [2.45, 2.75) is 38.6 Å². The number of primary amides is 1. The van der Waals surface area contributed by atoms with Gasteiger partial charge in [-0.1, -0.05) is 41.6 Å². The molecule has 2 amide bonds. The highest BCUT2D eigenvalue weighted by atomic mass is 35.5. The van der Waals surface area contributed by atoms with Crippen molar-refractivity contribution in [2.24, 2.45) is 5.73 Å². The monoisotopic (exact) mass is 473 g/mol. The van der Waals surface area contributed by atoms with Crippen LogP contribution >= 0.6 is 23.4 Å². The van der Waals surface area contributed by atoms with Crippen molar-refractivity contribution in [3.63, 3.8) is 0 Å². The second-order valence-electron chi connectivity index (χ2n) is 7.03. The van der Waals surface area contributed by atoms with Crippen LogP contribution in [0.2, 0.25) is 5.02 Å². The van der Waals surface area contributed by atoms with Crippen LogP contribution in [0.3, 0.4) is 0 Å². The van der Waals surface area contributed by atoms with Crippen LogP contribution in [0.4, 0.5) is 5.69 Å². The maximum absolute atomic E-state index is 12.4. The van der Waals surface area contributed by atoms with Crippen LogP contribution in [0.5, 0.6) is 5.75 Å². The van der Waals surface area contributed by atoms with E-state index in [1.807, 2.05) is 37.5 Å². The molecule has 1 atom stereocenters. The predicted octanol–water partition coefficient (Wildman–Crippen LogP) is 4.23. The number of aryl methyl sites for hydroxylation is 1. The molecule has 0 saturated heterocycles. The van der Waals surface area contributed by atoms with Crippen molar-refractivity contribution in [1.29, 1.82) is 0 Å². The number of ether oxygens (including phenoxy) is 1. The van der Waals surface area contributed by atoms with E-state index < -0.39 is 12.0 Å². The van der Waals surface area contributed by atoms with Gasteiger partial charge in [-0.2, -0.15) is 0 Å². The molecule has 3 aromatic rings. The molecule has 32 heavy (non-hydrogen) atoms. The largest absolute Gasteiger partial charge is 0.481 e. The number of nitrogens with zero attached hydrogens (tertiary/aromatic N) is 3. The van der Waals surface area contributed by atoms with Crippen LogP contribution in [0, 0.1) is 6.92 Å². The number of amides is 2. The fraction of sp³-hybridized carbons (Fsp3) is 0.273. The van der Waals surface area contributed by atoms with E-state index in [0.29, 0.717) is 34.0 Å². The molecule has 0 aliphatic carbocycles. The van der Waals surface area contributed by atoms with E-state index in [4.69, 9.17) is 22.1 Å². The first-order chi connectivity index (χ1) is 15.3. The SMILES string of the molecule is CCn1c(SCC(=O)Nc2ccccc2C(N)=O)nnc1C(C)Oc1cc(C)ccc1Cl. The number of rotatable bonds is 9. The fourth-order valence-electron chi connectivity index (χ4n) is 3.07. The van der Waals surface area contributed by atoms with Crippen molar-refractivity contribution in [3.8, 4) is 5.75 Å². The summed E-state index contributed by atoms with van der Waals surface area (Å²) in [5.74, 6) is 0.404. The van der Waals surface area contributed by atoms with Crippen molar-refractivity contribution < 1.29 is 14.3 Å². The summed E-state index contributed by atoms with van der Waals surface area (Å²) in [4.78, 5) is 24.0. The lowest BCUT2D eigenvalue weighted by Crippen LogP contribution is -2.19. The van der Waals surface area contributed by atoms with E-state index >= 15 is 0 Å². The lowest BCUT2D eigenvalue weighted by atomic mass is 10.1. The number of nitrogens with one attached hydrogen (secondary N) is 1. The number of anilines is 1. The average molecular weight is 474 g/mol. The Kier molecular flexibility index (Phi) is 7.76. The van der Waals surface area contributed by atoms with Gasteiger partial charge in [0.2, 0.25) is 5.91 Å². The second kappa shape index (κ2) is 10.5. The number of benzene rings is 2. The van der Waals surface area contributed by atoms with Crippen LogP contribution in [-0.4, -0.2) is 32.3 Å². The molecular weight excluding hydrogens is 450 g/mol. The standard InChI is InChI=1S/C22H24ClN5O3S/c1-4-28-21(14(3)31-18-11-13(2)9-10-16(18)23)26-27-22(28)32-12-19(29)25-17-8-6-5-7-15(17)20(24)30/h5-11,14H,4,12H2,1-3H3,(H2,24,30)(H,25,29). The van der Waals surface area contributed by atoms with Crippen LogP contribution in [0.1, 0.15) is 41.7 Å². The number of thioether (sulfide) groups is 1. The third-order valence-corrected chi connectivity index (χ3v) is 5.89. The van der Waals surface area contributed by atoms with Gasteiger partial charge >= 0.3 is 0 Å². The molecule has 1 aromatic heterocycles. The van der Waals surface area contributed by atoms with Gasteiger partial charge in [-0.05, 0) is 50.6 Å². The zero-order valence-corrected chi connectivity index (χ0v) is 19.5. The number of carbonyl (C=O) groups excluding carboxylic acids is 2. The van der Waals surface area contributed by atoms with Gasteiger partial charge in [0, 0.05) is 6.54 Å². The molecule has 0 saturated carbocycles.